The third-order valence-corrected chi connectivity index (χ3v) is 1.94. The van der Waals surface area contributed by atoms with E-state index in [0.29, 0.717) is 0 Å². The summed E-state index contributed by atoms with van der Waals surface area (Å²) in [6.07, 6.45) is 2.80. The fraction of sp³-hybridized carbons (Fsp3) is 0.875. The van der Waals surface area contributed by atoms with Crippen LogP contribution < -0.4 is 11.1 Å². The Morgan fingerprint density at radius 3 is 2.50 bits per heavy atom. The molecule has 0 radical (unpaired) electrons. The molecule has 4 heteroatoms. The van der Waals surface area contributed by atoms with E-state index >= 15 is 0 Å². The van der Waals surface area contributed by atoms with Crippen LogP contribution in [0, 0.1) is 5.92 Å². The van der Waals surface area contributed by atoms with E-state index in [2.05, 4.69) is 18.0 Å². The van der Waals surface area contributed by atoms with Crippen molar-refractivity contribution in [3.8, 4) is 0 Å². The number of alkyl halides is 1. The molecule has 3 N–H and O–H groups in total. The Morgan fingerprint density at radius 2 is 2.33 bits per heavy atom. The van der Waals surface area contributed by atoms with Gasteiger partial charge in [0.1, 0.15) is 5.88 Å². The van der Waals surface area contributed by atoms with E-state index in [1.165, 1.54) is 25.9 Å². The highest BCUT2D eigenvalue weighted by atomic mass is 35.5. The lowest BCUT2D eigenvalue weighted by Gasteiger charge is -2.17. The molecule has 0 aromatic rings. The van der Waals surface area contributed by atoms with E-state index < -0.39 is 5.91 Å². The molecule has 0 bridgehead atoms. The zero-order valence-electron chi connectivity index (χ0n) is 7.48. The summed E-state index contributed by atoms with van der Waals surface area (Å²) in [5, 5.41) is 3.33. The number of halogens is 1. The number of nitrogens with one attached hydrogen (secondary N) is 1. The van der Waals surface area contributed by atoms with Gasteiger partial charge in [-0.3, -0.25) is 4.79 Å². The molecular formula is C8H17ClN2O. The number of amides is 1. The molecule has 1 amide bonds. The Kier molecular flexibility index (Phi) is 7.20. The second kappa shape index (κ2) is 7.37. The van der Waals surface area contributed by atoms with Crippen LogP contribution in [0.4, 0.5) is 0 Å². The van der Waals surface area contributed by atoms with Crippen LogP contribution in [0.3, 0.4) is 0 Å². The number of carbonyl (C=O) groups is 1. The maximum absolute atomic E-state index is 9.46. The number of carbonyl (C=O) groups excluding carboxylic acids is 1. The molecule has 0 aromatic carbocycles. The highest BCUT2D eigenvalue weighted by molar-refractivity contribution is 6.27. The summed E-state index contributed by atoms with van der Waals surface area (Å²) < 4.78 is 0. The normalized spacial score (nSPS) is 22.3. The molecule has 1 atom stereocenters. The first-order chi connectivity index (χ1) is 5.66. The molecule has 1 aliphatic rings. The van der Waals surface area contributed by atoms with Crippen LogP contribution in [0.5, 0.6) is 0 Å². The molecule has 3 nitrogen and oxygen atoms in total. The highest BCUT2D eigenvalue weighted by Crippen LogP contribution is 2.06. The van der Waals surface area contributed by atoms with Crippen LogP contribution in [0.2, 0.25) is 0 Å². The van der Waals surface area contributed by atoms with Crippen molar-refractivity contribution in [3.05, 3.63) is 0 Å². The summed E-state index contributed by atoms with van der Waals surface area (Å²) in [6.45, 7) is 4.77. The number of rotatable bonds is 1. The molecule has 0 aromatic heterocycles. The average Bonchev–Trinajstić information content (AvgIpc) is 2.07. The van der Waals surface area contributed by atoms with Crippen LogP contribution in [0.1, 0.15) is 19.8 Å². The summed E-state index contributed by atoms with van der Waals surface area (Å²) in [5.41, 5.74) is 4.52. The largest absolute Gasteiger partial charge is 0.369 e. The fourth-order valence-corrected chi connectivity index (χ4v) is 1.03. The molecule has 0 aliphatic carbocycles. The van der Waals surface area contributed by atoms with Crippen molar-refractivity contribution in [3.63, 3.8) is 0 Å². The lowest BCUT2D eigenvalue weighted by atomic mass is 10.0. The fourth-order valence-electron chi connectivity index (χ4n) is 1.03. The van der Waals surface area contributed by atoms with Crippen LogP contribution in [-0.2, 0) is 4.79 Å². The Labute approximate surface area is 78.6 Å². The molecule has 1 saturated heterocycles. The van der Waals surface area contributed by atoms with Gasteiger partial charge in [-0.15, -0.1) is 11.6 Å². The molecule has 1 aliphatic heterocycles. The van der Waals surface area contributed by atoms with Crippen LogP contribution >= 0.6 is 11.6 Å². The standard InChI is InChI=1S/C6H13N.C2H4ClNO/c1-6-3-2-4-7-5-6;3-1-2(4)5/h6-7H,2-5H2,1H3;1H2,(H2,4,5). The maximum atomic E-state index is 9.46. The molecule has 1 unspecified atom stereocenters. The summed E-state index contributed by atoms with van der Waals surface area (Å²) in [4.78, 5) is 9.46. The van der Waals surface area contributed by atoms with Gasteiger partial charge >= 0.3 is 0 Å². The van der Waals surface area contributed by atoms with E-state index in [-0.39, 0.29) is 5.88 Å². The first kappa shape index (κ1) is 11.7. The first-order valence-electron chi connectivity index (χ1n) is 4.21. The van der Waals surface area contributed by atoms with Gasteiger partial charge in [0.05, 0.1) is 0 Å². The minimum atomic E-state index is -0.480. The van der Waals surface area contributed by atoms with Gasteiger partial charge in [-0.05, 0) is 31.8 Å². The molecule has 1 rings (SSSR count). The second-order valence-corrected chi connectivity index (χ2v) is 3.32. The van der Waals surface area contributed by atoms with E-state index in [4.69, 9.17) is 11.6 Å². The summed E-state index contributed by atoms with van der Waals surface area (Å²) in [5.74, 6) is 0.361. The van der Waals surface area contributed by atoms with Gasteiger partial charge in [0, 0.05) is 0 Å². The van der Waals surface area contributed by atoms with Gasteiger partial charge in [-0.1, -0.05) is 6.92 Å². The zero-order valence-corrected chi connectivity index (χ0v) is 8.23. The predicted octanol–water partition coefficient (Wildman–Crippen LogP) is 0.716. The van der Waals surface area contributed by atoms with Crippen molar-refractivity contribution < 1.29 is 4.79 Å². The van der Waals surface area contributed by atoms with Crippen molar-refractivity contribution in [2.24, 2.45) is 11.7 Å². The predicted molar refractivity (Wildman–Crippen MR) is 51.2 cm³/mol. The van der Waals surface area contributed by atoms with Gasteiger partial charge in [0.2, 0.25) is 5.91 Å². The molecule has 1 fully saturated rings. The van der Waals surface area contributed by atoms with Crippen LogP contribution in [-0.4, -0.2) is 24.9 Å². The minimum Gasteiger partial charge on any atom is -0.369 e. The van der Waals surface area contributed by atoms with Crippen molar-refractivity contribution in [2.45, 2.75) is 19.8 Å². The summed E-state index contributed by atoms with van der Waals surface area (Å²) in [7, 11) is 0. The number of piperidine rings is 1. The van der Waals surface area contributed by atoms with Crippen LogP contribution in [0.25, 0.3) is 0 Å². The van der Waals surface area contributed by atoms with Gasteiger partial charge in [0.25, 0.3) is 0 Å². The SMILES string of the molecule is CC1CCCNC1.NC(=O)CCl. The number of hydrogen-bond donors (Lipinski definition) is 2. The molecular weight excluding hydrogens is 176 g/mol. The average molecular weight is 193 g/mol. The van der Waals surface area contributed by atoms with E-state index in [1.807, 2.05) is 0 Å². The lowest BCUT2D eigenvalue weighted by Crippen LogP contribution is -2.27. The molecule has 72 valence electrons. The van der Waals surface area contributed by atoms with E-state index in [9.17, 15) is 4.79 Å². The van der Waals surface area contributed by atoms with Crippen molar-refractivity contribution in [1.82, 2.24) is 5.32 Å². The Balaban J connectivity index is 0.000000217. The third kappa shape index (κ3) is 7.82. The zero-order chi connectivity index (χ0) is 9.40. The van der Waals surface area contributed by atoms with E-state index in [0.717, 1.165) is 5.92 Å². The lowest BCUT2D eigenvalue weighted by molar-refractivity contribution is -0.115. The quantitative estimate of drug-likeness (QED) is 0.602. The molecule has 0 saturated carbocycles. The summed E-state index contributed by atoms with van der Waals surface area (Å²) >= 11 is 4.86. The monoisotopic (exact) mass is 192 g/mol. The maximum Gasteiger partial charge on any atom is 0.232 e. The molecule has 12 heavy (non-hydrogen) atoms. The number of primary amides is 1. The Bertz CT molecular complexity index is 124. The summed E-state index contributed by atoms with van der Waals surface area (Å²) in [6, 6.07) is 0. The smallest absolute Gasteiger partial charge is 0.232 e. The minimum absolute atomic E-state index is 0.0833. The van der Waals surface area contributed by atoms with Gasteiger partial charge in [0.15, 0.2) is 0 Å². The van der Waals surface area contributed by atoms with Crippen molar-refractivity contribution >= 4 is 17.5 Å². The number of nitrogens with two attached hydrogens (primary N) is 1. The Hall–Kier alpha value is -0.280. The topological polar surface area (TPSA) is 55.1 Å². The van der Waals surface area contributed by atoms with Gasteiger partial charge in [-0.25, -0.2) is 0 Å². The highest BCUT2D eigenvalue weighted by Gasteiger charge is 2.04. The third-order valence-electron chi connectivity index (χ3n) is 1.67. The van der Waals surface area contributed by atoms with Gasteiger partial charge in [-0.2, -0.15) is 0 Å². The van der Waals surface area contributed by atoms with E-state index in [1.54, 1.807) is 0 Å². The van der Waals surface area contributed by atoms with Crippen LogP contribution in [0.15, 0.2) is 0 Å². The molecule has 1 heterocycles. The van der Waals surface area contributed by atoms with Crippen molar-refractivity contribution in [1.29, 1.82) is 0 Å². The second-order valence-electron chi connectivity index (χ2n) is 3.05. The molecule has 0 spiro atoms. The van der Waals surface area contributed by atoms with Crippen molar-refractivity contribution in [2.75, 3.05) is 19.0 Å². The Morgan fingerprint density at radius 1 is 1.75 bits per heavy atom. The van der Waals surface area contributed by atoms with Gasteiger partial charge < -0.3 is 11.1 Å². The number of hydrogen-bond acceptors (Lipinski definition) is 2. The first-order valence-corrected chi connectivity index (χ1v) is 4.75.